The summed E-state index contributed by atoms with van der Waals surface area (Å²) >= 11 is 0. The molecule has 0 saturated heterocycles. The summed E-state index contributed by atoms with van der Waals surface area (Å²) in [6.07, 6.45) is 0. The van der Waals surface area contributed by atoms with E-state index in [0.717, 1.165) is 11.1 Å². The molecule has 0 unspecified atom stereocenters. The summed E-state index contributed by atoms with van der Waals surface area (Å²) in [7, 11) is -3.64. The molecule has 0 bridgehead atoms. The Morgan fingerprint density at radius 3 is 1.82 bits per heavy atom. The fraction of sp³-hybridized carbons (Fsp3) is 0.188. The van der Waals surface area contributed by atoms with E-state index < -0.39 is 10.0 Å². The van der Waals surface area contributed by atoms with Gasteiger partial charge in [-0.2, -0.15) is 0 Å². The van der Waals surface area contributed by atoms with Crippen LogP contribution in [0.5, 0.6) is 0 Å². The first-order valence-electron chi connectivity index (χ1n) is 6.78. The van der Waals surface area contributed by atoms with Crippen LogP contribution in [-0.2, 0) is 23.1 Å². The van der Waals surface area contributed by atoms with Crippen LogP contribution in [0.1, 0.15) is 28.4 Å². The molecule has 5 nitrogen and oxygen atoms in total. The molecule has 3 N–H and O–H groups in total. The number of hydrogen-bond donors (Lipinski definition) is 2. The predicted octanol–water partition coefficient (Wildman–Crippen LogP) is 1.83. The third kappa shape index (κ3) is 4.49. The third-order valence-electron chi connectivity index (χ3n) is 3.27. The van der Waals surface area contributed by atoms with E-state index in [9.17, 15) is 13.2 Å². The number of Topliss-reactive ketones (excluding diaryl/α,β-unsaturated/α-hetero) is 1. The highest BCUT2D eigenvalue weighted by Gasteiger charge is 2.06. The van der Waals surface area contributed by atoms with Crippen molar-refractivity contribution in [2.45, 2.75) is 24.9 Å². The minimum atomic E-state index is -3.64. The Labute approximate surface area is 130 Å². The number of nitrogens with two attached hydrogens (primary N) is 1. The van der Waals surface area contributed by atoms with Gasteiger partial charge in [-0.3, -0.25) is 4.79 Å². The zero-order chi connectivity index (χ0) is 16.2. The van der Waals surface area contributed by atoms with Gasteiger partial charge in [-0.1, -0.05) is 36.4 Å². The zero-order valence-corrected chi connectivity index (χ0v) is 13.1. The van der Waals surface area contributed by atoms with Crippen molar-refractivity contribution < 1.29 is 13.2 Å². The smallest absolute Gasteiger partial charge is 0.238 e. The van der Waals surface area contributed by atoms with Crippen LogP contribution in [-0.4, -0.2) is 14.2 Å². The molecular weight excluding hydrogens is 300 g/mol. The van der Waals surface area contributed by atoms with E-state index in [1.54, 1.807) is 31.2 Å². The maximum atomic E-state index is 11.2. The van der Waals surface area contributed by atoms with Crippen molar-refractivity contribution in [2.75, 3.05) is 0 Å². The number of benzene rings is 2. The minimum Gasteiger partial charge on any atom is -0.309 e. The molecule has 2 rings (SSSR count). The van der Waals surface area contributed by atoms with Gasteiger partial charge >= 0.3 is 0 Å². The SMILES string of the molecule is CC(=O)c1ccc(CNCc2ccc(S(N)(=O)=O)cc2)cc1. The normalized spacial score (nSPS) is 11.4. The molecule has 22 heavy (non-hydrogen) atoms. The maximum Gasteiger partial charge on any atom is 0.238 e. The summed E-state index contributed by atoms with van der Waals surface area (Å²) in [6, 6.07) is 13.9. The van der Waals surface area contributed by atoms with E-state index >= 15 is 0 Å². The summed E-state index contributed by atoms with van der Waals surface area (Å²) in [5.41, 5.74) is 2.74. The van der Waals surface area contributed by atoms with Gasteiger partial charge in [0.25, 0.3) is 0 Å². The van der Waals surface area contributed by atoms with Gasteiger partial charge in [-0.25, -0.2) is 13.6 Å². The largest absolute Gasteiger partial charge is 0.309 e. The van der Waals surface area contributed by atoms with Gasteiger partial charge in [0.15, 0.2) is 5.78 Å². The lowest BCUT2D eigenvalue weighted by Crippen LogP contribution is -2.14. The van der Waals surface area contributed by atoms with Crippen LogP contribution in [0.15, 0.2) is 53.4 Å². The van der Waals surface area contributed by atoms with Gasteiger partial charge in [-0.15, -0.1) is 0 Å². The van der Waals surface area contributed by atoms with Crippen molar-refractivity contribution in [3.05, 3.63) is 65.2 Å². The van der Waals surface area contributed by atoms with E-state index in [1.807, 2.05) is 12.1 Å². The van der Waals surface area contributed by atoms with Gasteiger partial charge in [0.05, 0.1) is 4.90 Å². The van der Waals surface area contributed by atoms with Crippen molar-refractivity contribution >= 4 is 15.8 Å². The monoisotopic (exact) mass is 318 g/mol. The second kappa shape index (κ2) is 6.83. The average Bonchev–Trinajstić information content (AvgIpc) is 2.47. The van der Waals surface area contributed by atoms with E-state index in [1.165, 1.54) is 12.1 Å². The quantitative estimate of drug-likeness (QED) is 0.795. The van der Waals surface area contributed by atoms with Gasteiger partial charge in [-0.05, 0) is 30.2 Å². The van der Waals surface area contributed by atoms with E-state index in [-0.39, 0.29) is 10.7 Å². The molecule has 0 radical (unpaired) electrons. The van der Waals surface area contributed by atoms with Gasteiger partial charge in [0, 0.05) is 18.7 Å². The van der Waals surface area contributed by atoms with Crippen molar-refractivity contribution in [2.24, 2.45) is 5.14 Å². The van der Waals surface area contributed by atoms with E-state index in [0.29, 0.717) is 18.7 Å². The lowest BCUT2D eigenvalue weighted by molar-refractivity contribution is 0.101. The summed E-state index contributed by atoms with van der Waals surface area (Å²) in [5, 5.41) is 8.31. The lowest BCUT2D eigenvalue weighted by Gasteiger charge is -2.06. The molecule has 0 heterocycles. The Morgan fingerprint density at radius 1 is 0.955 bits per heavy atom. The first-order chi connectivity index (χ1) is 10.4. The van der Waals surface area contributed by atoms with Crippen molar-refractivity contribution in [1.29, 1.82) is 0 Å². The van der Waals surface area contributed by atoms with E-state index in [4.69, 9.17) is 5.14 Å². The summed E-state index contributed by atoms with van der Waals surface area (Å²) in [6.45, 7) is 2.81. The second-order valence-corrected chi connectivity index (χ2v) is 6.61. The minimum absolute atomic E-state index is 0.0504. The average molecular weight is 318 g/mol. The molecule has 0 fully saturated rings. The summed E-state index contributed by atoms with van der Waals surface area (Å²) in [4.78, 5) is 11.3. The van der Waals surface area contributed by atoms with Crippen LogP contribution >= 0.6 is 0 Å². The van der Waals surface area contributed by atoms with Crippen molar-refractivity contribution in [3.8, 4) is 0 Å². The molecule has 0 aromatic heterocycles. The molecule has 0 spiro atoms. The van der Waals surface area contributed by atoms with Gasteiger partial charge < -0.3 is 5.32 Å². The number of hydrogen-bond acceptors (Lipinski definition) is 4. The maximum absolute atomic E-state index is 11.2. The lowest BCUT2D eigenvalue weighted by atomic mass is 10.1. The number of ketones is 1. The topological polar surface area (TPSA) is 89.3 Å². The molecule has 116 valence electrons. The number of nitrogens with one attached hydrogen (secondary N) is 1. The Hall–Kier alpha value is -2.02. The molecule has 0 aliphatic rings. The highest BCUT2D eigenvalue weighted by Crippen LogP contribution is 2.09. The van der Waals surface area contributed by atoms with E-state index in [2.05, 4.69) is 5.32 Å². The standard InChI is InChI=1S/C16H18N2O3S/c1-12(19)15-6-2-13(3-7-15)10-18-11-14-4-8-16(9-5-14)22(17,20)21/h2-9,18H,10-11H2,1H3,(H2,17,20,21). The number of rotatable bonds is 6. The van der Waals surface area contributed by atoms with Crippen LogP contribution in [0.4, 0.5) is 0 Å². The number of primary sulfonamides is 1. The third-order valence-corrected chi connectivity index (χ3v) is 4.20. The zero-order valence-electron chi connectivity index (χ0n) is 12.2. The van der Waals surface area contributed by atoms with Crippen molar-refractivity contribution in [1.82, 2.24) is 5.32 Å². The first-order valence-corrected chi connectivity index (χ1v) is 8.33. The first kappa shape index (κ1) is 16.4. The number of sulfonamides is 1. The second-order valence-electron chi connectivity index (χ2n) is 5.05. The molecule has 0 atom stereocenters. The highest BCUT2D eigenvalue weighted by molar-refractivity contribution is 7.89. The Morgan fingerprint density at radius 2 is 1.41 bits per heavy atom. The van der Waals surface area contributed by atoms with Crippen LogP contribution in [0.25, 0.3) is 0 Å². The molecule has 0 amide bonds. The highest BCUT2D eigenvalue weighted by atomic mass is 32.2. The molecule has 0 aliphatic carbocycles. The molecule has 0 saturated carbocycles. The Bertz CT molecular complexity index is 751. The predicted molar refractivity (Wildman–Crippen MR) is 84.8 cm³/mol. The molecule has 2 aromatic rings. The molecule has 6 heteroatoms. The van der Waals surface area contributed by atoms with Gasteiger partial charge in [0.1, 0.15) is 0 Å². The van der Waals surface area contributed by atoms with Crippen LogP contribution in [0.2, 0.25) is 0 Å². The molecular formula is C16H18N2O3S. The summed E-state index contributed by atoms with van der Waals surface area (Å²) in [5.74, 6) is 0.0504. The summed E-state index contributed by atoms with van der Waals surface area (Å²) < 4.78 is 22.3. The Kier molecular flexibility index (Phi) is 5.07. The van der Waals surface area contributed by atoms with Gasteiger partial charge in [0.2, 0.25) is 10.0 Å². The number of carbonyl (C=O) groups is 1. The fourth-order valence-corrected chi connectivity index (χ4v) is 2.52. The van der Waals surface area contributed by atoms with Crippen LogP contribution < -0.4 is 10.5 Å². The van der Waals surface area contributed by atoms with Crippen LogP contribution in [0.3, 0.4) is 0 Å². The Balaban J connectivity index is 1.89. The fourth-order valence-electron chi connectivity index (χ4n) is 2.01. The number of carbonyl (C=O) groups excluding carboxylic acids is 1. The van der Waals surface area contributed by atoms with Crippen LogP contribution in [0, 0.1) is 0 Å². The molecule has 2 aromatic carbocycles. The molecule has 0 aliphatic heterocycles. The van der Waals surface area contributed by atoms with Crippen molar-refractivity contribution in [3.63, 3.8) is 0 Å².